The van der Waals surface area contributed by atoms with Crippen molar-refractivity contribution >= 4 is 57.2 Å². The molecule has 2 heterocycles. The molecule has 0 aliphatic carbocycles. The van der Waals surface area contributed by atoms with Gasteiger partial charge in [0.15, 0.2) is 9.66 Å². The van der Waals surface area contributed by atoms with Gasteiger partial charge in [-0.15, -0.1) is 0 Å². The molecule has 0 atom stereocenters. The van der Waals surface area contributed by atoms with Gasteiger partial charge in [0.25, 0.3) is 0 Å². The van der Waals surface area contributed by atoms with E-state index in [1.807, 2.05) is 66.2 Å². The van der Waals surface area contributed by atoms with E-state index < -0.39 is 5.41 Å². The zero-order chi connectivity index (χ0) is 14.4. The van der Waals surface area contributed by atoms with Crippen molar-refractivity contribution in [1.29, 1.82) is 0 Å². The average Bonchev–Trinajstić information content (AvgIpc) is 2.67. The first-order chi connectivity index (χ1) is 8.70. The molecular formula is C11H12I2N4O2. The molecule has 0 unspecified atom stereocenters. The van der Waals surface area contributed by atoms with Crippen LogP contribution < -0.4 is 5.32 Å². The predicted octanol–water partition coefficient (Wildman–Crippen LogP) is 2.88. The number of rotatable bonds is 1. The van der Waals surface area contributed by atoms with Crippen LogP contribution in [0.4, 0.5) is 5.82 Å². The van der Waals surface area contributed by atoms with Crippen LogP contribution >= 0.6 is 45.5 Å². The minimum absolute atomic E-state index is 0.0683. The first kappa shape index (κ1) is 14.8. The Balaban J connectivity index is 2.41. The van der Waals surface area contributed by atoms with Gasteiger partial charge in [0.1, 0.15) is 5.82 Å². The van der Waals surface area contributed by atoms with Crippen LogP contribution in [-0.2, 0) is 4.79 Å². The number of carbonyl (C=O) groups is 1. The monoisotopic (exact) mass is 486 g/mol. The number of halogens is 2. The van der Waals surface area contributed by atoms with Crippen LogP contribution in [0, 0.1) is 9.25 Å². The van der Waals surface area contributed by atoms with Crippen LogP contribution in [0.15, 0.2) is 6.07 Å². The smallest absolute Gasteiger partial charge is 0.230 e. The summed E-state index contributed by atoms with van der Waals surface area (Å²) in [4.78, 5) is 20.3. The van der Waals surface area contributed by atoms with E-state index in [0.717, 1.165) is 0 Å². The number of amides is 1. The van der Waals surface area contributed by atoms with E-state index in [0.29, 0.717) is 21.0 Å². The maximum absolute atomic E-state index is 11.9. The molecule has 2 rings (SSSR count). The number of hydrogen-bond acceptors (Lipinski definition) is 4. The van der Waals surface area contributed by atoms with Crippen LogP contribution in [0.3, 0.4) is 0 Å². The minimum atomic E-state index is -0.502. The highest BCUT2D eigenvalue weighted by molar-refractivity contribution is 14.1. The number of anilines is 1. The maximum Gasteiger partial charge on any atom is 0.230 e. The van der Waals surface area contributed by atoms with Crippen molar-refractivity contribution in [3.05, 3.63) is 9.90 Å². The number of carbonyl (C=O) groups excluding carboxylic acids is 1. The summed E-state index contributed by atoms with van der Waals surface area (Å²) in [5.41, 5.74) is 0.0112. The first-order valence-corrected chi connectivity index (χ1v) is 7.50. The van der Waals surface area contributed by atoms with Crippen LogP contribution in [0.25, 0.3) is 11.4 Å². The van der Waals surface area contributed by atoms with Crippen LogP contribution in [0.2, 0.25) is 0 Å². The lowest BCUT2D eigenvalue weighted by Gasteiger charge is -2.16. The number of aromatic nitrogens is 3. The van der Waals surface area contributed by atoms with E-state index in [1.54, 1.807) is 6.07 Å². The Hall–Kier alpha value is -0.650. The van der Waals surface area contributed by atoms with Crippen LogP contribution in [0.5, 0.6) is 5.88 Å². The Labute approximate surface area is 138 Å². The zero-order valence-corrected chi connectivity index (χ0v) is 14.8. The van der Waals surface area contributed by atoms with Gasteiger partial charge in [-0.25, -0.2) is 12.7 Å². The Morgan fingerprint density at radius 1 is 1.42 bits per heavy atom. The lowest BCUT2D eigenvalue weighted by molar-refractivity contribution is -0.123. The van der Waals surface area contributed by atoms with Crippen molar-refractivity contribution in [2.24, 2.45) is 5.41 Å². The molecule has 0 aromatic heterocycles. The van der Waals surface area contributed by atoms with Gasteiger partial charge in [0.05, 0.1) is 28.4 Å². The Morgan fingerprint density at radius 3 is 2.63 bits per heavy atom. The lowest BCUT2D eigenvalue weighted by Crippen LogP contribution is -2.27. The summed E-state index contributed by atoms with van der Waals surface area (Å²) < 4.78 is 2.13. The fraction of sp³-hybridized carbons (Fsp3) is 0.364. The molecule has 0 fully saturated rings. The number of hydrogen-bond donors (Lipinski definition) is 2. The van der Waals surface area contributed by atoms with Crippen molar-refractivity contribution in [3.63, 3.8) is 0 Å². The largest absolute Gasteiger partial charge is 0.493 e. The second-order valence-electron chi connectivity index (χ2n) is 5.07. The van der Waals surface area contributed by atoms with Gasteiger partial charge < -0.3 is 10.4 Å². The molecule has 0 spiro atoms. The van der Waals surface area contributed by atoms with Gasteiger partial charge in [-0.05, 0) is 6.07 Å². The second-order valence-corrected chi connectivity index (χ2v) is 7.00. The number of fused-ring (bicyclic) bond motifs is 1. The standard InChI is InChI=1S/C11H12I2N4O2/c1-11(2,3)9(19)15-6-4-5-7(14-6)16-10(12)17(13)8(5)18/h4,18H,1-3H3,(H,15,19). The Bertz CT molecular complexity index is 618. The van der Waals surface area contributed by atoms with Gasteiger partial charge in [-0.1, -0.05) is 20.8 Å². The third-order valence-corrected chi connectivity index (χ3v) is 5.02. The van der Waals surface area contributed by atoms with Crippen molar-refractivity contribution in [2.75, 3.05) is 5.32 Å². The second kappa shape index (κ2) is 5.04. The van der Waals surface area contributed by atoms with Gasteiger partial charge in [-0.2, -0.15) is 0 Å². The maximum atomic E-state index is 11.9. The molecule has 102 valence electrons. The summed E-state index contributed by atoms with van der Waals surface area (Å²) in [6.07, 6.45) is 0. The van der Waals surface area contributed by atoms with Crippen molar-refractivity contribution in [3.8, 4) is 17.3 Å². The summed E-state index contributed by atoms with van der Waals surface area (Å²) in [5.74, 6) is 0.751. The highest BCUT2D eigenvalue weighted by Crippen LogP contribution is 2.34. The van der Waals surface area contributed by atoms with Gasteiger partial charge >= 0.3 is 0 Å². The van der Waals surface area contributed by atoms with E-state index in [4.69, 9.17) is 0 Å². The molecule has 2 N–H and O–H groups in total. The molecular weight excluding hydrogens is 474 g/mol. The fourth-order valence-corrected chi connectivity index (χ4v) is 2.17. The molecule has 0 saturated carbocycles. The first-order valence-electron chi connectivity index (χ1n) is 5.45. The highest BCUT2D eigenvalue weighted by atomic mass is 127. The normalized spacial score (nSPS) is 11.8. The van der Waals surface area contributed by atoms with Gasteiger partial charge in [-0.3, -0.25) is 4.79 Å². The zero-order valence-electron chi connectivity index (χ0n) is 10.5. The summed E-state index contributed by atoms with van der Waals surface area (Å²) in [6, 6.07) is 1.62. The molecule has 0 bridgehead atoms. The molecule has 0 aromatic rings. The molecule has 19 heavy (non-hydrogen) atoms. The topological polar surface area (TPSA) is 80.0 Å². The Kier molecular flexibility index (Phi) is 3.91. The van der Waals surface area contributed by atoms with Crippen molar-refractivity contribution in [1.82, 2.24) is 12.7 Å². The number of nitrogens with one attached hydrogen (secondary N) is 1. The number of nitrogens with zero attached hydrogens (tertiary/aromatic N) is 3. The van der Waals surface area contributed by atoms with E-state index in [2.05, 4.69) is 15.3 Å². The molecule has 0 saturated heterocycles. The van der Waals surface area contributed by atoms with E-state index in [9.17, 15) is 9.90 Å². The summed E-state index contributed by atoms with van der Waals surface area (Å²) in [7, 11) is 0. The molecule has 0 radical (unpaired) electrons. The quantitative estimate of drug-likeness (QED) is 0.481. The van der Waals surface area contributed by atoms with E-state index >= 15 is 0 Å². The highest BCUT2D eigenvalue weighted by Gasteiger charge is 2.24. The minimum Gasteiger partial charge on any atom is -0.493 e. The predicted molar refractivity (Wildman–Crippen MR) is 88.5 cm³/mol. The Morgan fingerprint density at radius 2 is 2.05 bits per heavy atom. The van der Waals surface area contributed by atoms with Crippen molar-refractivity contribution in [2.45, 2.75) is 20.8 Å². The number of aromatic hydroxyl groups is 1. The summed E-state index contributed by atoms with van der Waals surface area (Å²) >= 11 is 3.95. The van der Waals surface area contributed by atoms with Crippen molar-refractivity contribution < 1.29 is 9.90 Å². The molecule has 6 nitrogen and oxygen atoms in total. The van der Waals surface area contributed by atoms with Crippen LogP contribution in [-0.4, -0.2) is 23.8 Å². The molecule has 2 aliphatic rings. The van der Waals surface area contributed by atoms with Gasteiger partial charge in [0, 0.05) is 28.0 Å². The summed E-state index contributed by atoms with van der Waals surface area (Å²) in [6.45, 7) is 5.47. The molecule has 1 amide bonds. The summed E-state index contributed by atoms with van der Waals surface area (Å²) in [5, 5.41) is 12.7. The van der Waals surface area contributed by atoms with Crippen LogP contribution in [0.1, 0.15) is 20.8 Å². The molecule has 8 heteroatoms. The third kappa shape index (κ3) is 2.93. The van der Waals surface area contributed by atoms with Gasteiger partial charge in [0.2, 0.25) is 11.8 Å². The van der Waals surface area contributed by atoms with E-state index in [-0.39, 0.29) is 11.8 Å². The SMILES string of the molecule is CC(C)(C)C(=O)Nc1cc2c(O)n(I)c(I)nc-2n1. The average molecular weight is 486 g/mol. The fourth-order valence-electron chi connectivity index (χ4n) is 1.35. The molecule has 0 aromatic carbocycles. The molecule has 2 aliphatic heterocycles. The lowest BCUT2D eigenvalue weighted by atomic mass is 9.96. The third-order valence-electron chi connectivity index (χ3n) is 2.46. The van der Waals surface area contributed by atoms with E-state index in [1.165, 1.54) is 2.78 Å².